The second kappa shape index (κ2) is 6.72. The molecule has 2 N–H and O–H groups in total. The van der Waals surface area contributed by atoms with E-state index in [2.05, 4.69) is 15.0 Å². The summed E-state index contributed by atoms with van der Waals surface area (Å²) >= 11 is 1.88. The lowest BCUT2D eigenvalue weighted by atomic mass is 9.99. The van der Waals surface area contributed by atoms with E-state index < -0.39 is 0 Å². The molecule has 1 aliphatic heterocycles. The summed E-state index contributed by atoms with van der Waals surface area (Å²) in [6, 6.07) is 0. The molecule has 1 aliphatic carbocycles. The summed E-state index contributed by atoms with van der Waals surface area (Å²) < 4.78 is 5.76. The van der Waals surface area contributed by atoms with Gasteiger partial charge in [0, 0.05) is 17.4 Å². The van der Waals surface area contributed by atoms with Crippen LogP contribution in [0.15, 0.2) is 0 Å². The van der Waals surface area contributed by atoms with Crippen LogP contribution >= 0.6 is 11.8 Å². The molecule has 0 amide bonds. The zero-order valence-corrected chi connectivity index (χ0v) is 12.6. The van der Waals surface area contributed by atoms with Gasteiger partial charge in [0.05, 0.1) is 6.61 Å². The van der Waals surface area contributed by atoms with Crippen LogP contribution in [0.2, 0.25) is 0 Å². The van der Waals surface area contributed by atoms with E-state index in [4.69, 9.17) is 10.5 Å². The molecule has 110 valence electrons. The summed E-state index contributed by atoms with van der Waals surface area (Å²) in [4.78, 5) is 13.4. The lowest BCUT2D eigenvalue weighted by molar-refractivity contribution is 0.0691. The Hall–Kier alpha value is -0.880. The predicted molar refractivity (Wildman–Crippen MR) is 80.7 cm³/mol. The molecule has 5 nitrogen and oxygen atoms in total. The van der Waals surface area contributed by atoms with Crippen LogP contribution in [0.3, 0.4) is 0 Å². The minimum Gasteiger partial charge on any atom is -0.368 e. The van der Waals surface area contributed by atoms with Crippen molar-refractivity contribution in [2.45, 2.75) is 50.5 Å². The van der Waals surface area contributed by atoms with Crippen molar-refractivity contribution in [1.29, 1.82) is 0 Å². The highest BCUT2D eigenvalue weighted by Gasteiger charge is 2.23. The first kappa shape index (κ1) is 14.1. The number of hydrogen-bond donors (Lipinski definition) is 1. The molecule has 1 unspecified atom stereocenters. The zero-order chi connectivity index (χ0) is 13.8. The molecule has 1 saturated carbocycles. The lowest BCUT2D eigenvalue weighted by Gasteiger charge is -2.22. The Morgan fingerprint density at radius 1 is 1.00 bits per heavy atom. The Morgan fingerprint density at radius 2 is 1.75 bits per heavy atom. The Labute approximate surface area is 124 Å². The SMILES string of the molecule is Nc1nc(C2CCCCCC2)nc(C2CSCCO2)n1. The molecule has 3 rings (SSSR count). The fraction of sp³-hybridized carbons (Fsp3) is 0.786. The Morgan fingerprint density at radius 3 is 2.45 bits per heavy atom. The molecule has 1 atom stereocenters. The van der Waals surface area contributed by atoms with E-state index in [0.717, 1.165) is 29.8 Å². The summed E-state index contributed by atoms with van der Waals surface area (Å²) in [5.41, 5.74) is 5.89. The van der Waals surface area contributed by atoms with Crippen LogP contribution in [0.4, 0.5) is 5.95 Å². The molecule has 0 radical (unpaired) electrons. The molecule has 1 aromatic rings. The van der Waals surface area contributed by atoms with Gasteiger partial charge >= 0.3 is 0 Å². The third-order valence-electron chi connectivity index (χ3n) is 4.01. The number of ether oxygens (including phenoxy) is 1. The maximum absolute atomic E-state index is 5.89. The minimum absolute atomic E-state index is 0.0245. The van der Waals surface area contributed by atoms with Crippen molar-refractivity contribution in [3.63, 3.8) is 0 Å². The smallest absolute Gasteiger partial charge is 0.223 e. The van der Waals surface area contributed by atoms with Crippen molar-refractivity contribution >= 4 is 17.7 Å². The molecule has 0 aromatic carbocycles. The summed E-state index contributed by atoms with van der Waals surface area (Å²) in [6.07, 6.45) is 7.50. The molecular weight excluding hydrogens is 272 g/mol. The average molecular weight is 294 g/mol. The fourth-order valence-corrected chi connectivity index (χ4v) is 3.77. The van der Waals surface area contributed by atoms with Crippen molar-refractivity contribution in [3.05, 3.63) is 11.6 Å². The highest BCUT2D eigenvalue weighted by atomic mass is 32.2. The average Bonchev–Trinajstić information content (AvgIpc) is 2.77. The van der Waals surface area contributed by atoms with Crippen LogP contribution in [0.1, 0.15) is 62.2 Å². The highest BCUT2D eigenvalue weighted by Crippen LogP contribution is 2.31. The van der Waals surface area contributed by atoms with Gasteiger partial charge in [0.25, 0.3) is 0 Å². The van der Waals surface area contributed by atoms with Gasteiger partial charge in [0.15, 0.2) is 5.82 Å². The van der Waals surface area contributed by atoms with Gasteiger partial charge in [-0.3, -0.25) is 0 Å². The van der Waals surface area contributed by atoms with Gasteiger partial charge in [-0.25, -0.2) is 4.98 Å². The van der Waals surface area contributed by atoms with Crippen molar-refractivity contribution < 1.29 is 4.74 Å². The number of nitrogens with zero attached hydrogens (tertiary/aromatic N) is 3. The van der Waals surface area contributed by atoms with Crippen LogP contribution in [0.5, 0.6) is 0 Å². The molecule has 1 aromatic heterocycles. The Kier molecular flexibility index (Phi) is 4.73. The quantitative estimate of drug-likeness (QED) is 0.845. The standard InChI is InChI=1S/C14H22N4OS/c15-14-17-12(10-5-3-1-2-4-6-10)16-13(18-14)11-9-20-8-7-19-11/h10-11H,1-9H2,(H2,15,16,17,18). The van der Waals surface area contributed by atoms with Crippen molar-refractivity contribution in [2.24, 2.45) is 0 Å². The van der Waals surface area contributed by atoms with Gasteiger partial charge in [-0.2, -0.15) is 21.7 Å². The van der Waals surface area contributed by atoms with E-state index in [1.54, 1.807) is 0 Å². The first-order chi connectivity index (χ1) is 9.83. The Balaban J connectivity index is 1.81. The summed E-state index contributed by atoms with van der Waals surface area (Å²) in [5, 5.41) is 0. The predicted octanol–water partition coefficient (Wildman–Crippen LogP) is 2.70. The van der Waals surface area contributed by atoms with Crippen LogP contribution in [-0.2, 0) is 4.74 Å². The number of hydrogen-bond acceptors (Lipinski definition) is 6. The van der Waals surface area contributed by atoms with Crippen LogP contribution in [-0.4, -0.2) is 33.1 Å². The summed E-state index contributed by atoms with van der Waals surface area (Å²) in [7, 11) is 0. The van der Waals surface area contributed by atoms with Gasteiger partial charge in [-0.1, -0.05) is 25.7 Å². The van der Waals surface area contributed by atoms with Gasteiger partial charge in [0.2, 0.25) is 5.95 Å². The van der Waals surface area contributed by atoms with E-state index >= 15 is 0 Å². The van der Waals surface area contributed by atoms with Crippen molar-refractivity contribution in [3.8, 4) is 0 Å². The van der Waals surface area contributed by atoms with Gasteiger partial charge in [0.1, 0.15) is 11.9 Å². The zero-order valence-electron chi connectivity index (χ0n) is 11.8. The van der Waals surface area contributed by atoms with Gasteiger partial charge in [-0.05, 0) is 12.8 Å². The monoisotopic (exact) mass is 294 g/mol. The van der Waals surface area contributed by atoms with Crippen molar-refractivity contribution in [2.75, 3.05) is 23.8 Å². The van der Waals surface area contributed by atoms with Gasteiger partial charge < -0.3 is 10.5 Å². The van der Waals surface area contributed by atoms with E-state index in [9.17, 15) is 0 Å². The largest absolute Gasteiger partial charge is 0.368 e. The molecule has 2 aliphatic rings. The van der Waals surface area contributed by atoms with Crippen molar-refractivity contribution in [1.82, 2.24) is 15.0 Å². The van der Waals surface area contributed by atoms with Crippen LogP contribution in [0, 0.1) is 0 Å². The number of nitrogen functional groups attached to an aromatic ring is 1. The van der Waals surface area contributed by atoms with E-state index in [1.165, 1.54) is 38.5 Å². The normalized spacial score (nSPS) is 25.3. The van der Waals surface area contributed by atoms with Crippen LogP contribution in [0.25, 0.3) is 0 Å². The molecule has 0 spiro atoms. The number of thioether (sulfide) groups is 1. The minimum atomic E-state index is -0.0245. The number of anilines is 1. The topological polar surface area (TPSA) is 73.9 Å². The maximum Gasteiger partial charge on any atom is 0.223 e. The molecular formula is C14H22N4OS. The van der Waals surface area contributed by atoms with E-state index in [0.29, 0.717) is 11.9 Å². The number of aromatic nitrogens is 3. The molecule has 0 bridgehead atoms. The highest BCUT2D eigenvalue weighted by molar-refractivity contribution is 7.99. The first-order valence-corrected chi connectivity index (χ1v) is 8.69. The molecule has 20 heavy (non-hydrogen) atoms. The second-order valence-electron chi connectivity index (χ2n) is 5.53. The van der Waals surface area contributed by atoms with E-state index in [-0.39, 0.29) is 6.10 Å². The molecule has 6 heteroatoms. The summed E-state index contributed by atoms with van der Waals surface area (Å²) in [5.74, 6) is 4.35. The lowest BCUT2D eigenvalue weighted by Crippen LogP contribution is -2.20. The molecule has 1 saturated heterocycles. The Bertz CT molecular complexity index is 443. The fourth-order valence-electron chi connectivity index (χ4n) is 2.93. The van der Waals surface area contributed by atoms with Crippen LogP contribution < -0.4 is 5.73 Å². The first-order valence-electron chi connectivity index (χ1n) is 7.53. The van der Waals surface area contributed by atoms with Gasteiger partial charge in [-0.15, -0.1) is 0 Å². The maximum atomic E-state index is 5.89. The third kappa shape index (κ3) is 3.41. The molecule has 2 fully saturated rings. The third-order valence-corrected chi connectivity index (χ3v) is 5.01. The van der Waals surface area contributed by atoms with E-state index in [1.807, 2.05) is 11.8 Å². The number of nitrogens with two attached hydrogens (primary N) is 1. The molecule has 2 heterocycles. The summed E-state index contributed by atoms with van der Waals surface area (Å²) in [6.45, 7) is 0.764. The number of rotatable bonds is 2. The second-order valence-corrected chi connectivity index (χ2v) is 6.68.